The number of carbonyl (C=O) groups excluding carboxylic acids is 1. The van der Waals surface area contributed by atoms with Crippen LogP contribution in [-0.4, -0.2) is 5.97 Å². The third-order valence-electron chi connectivity index (χ3n) is 3.43. The molecule has 0 aromatic heterocycles. The van der Waals surface area contributed by atoms with E-state index in [2.05, 4.69) is 6.92 Å². The van der Waals surface area contributed by atoms with Crippen LogP contribution in [0, 0.1) is 0 Å². The molecule has 0 aromatic rings. The first kappa shape index (κ1) is 18.2. The lowest BCUT2D eigenvalue weighted by Gasteiger charge is -2.01. The Morgan fingerprint density at radius 2 is 1.26 bits per heavy atom. The van der Waals surface area contributed by atoms with Crippen LogP contribution < -0.4 is 5.11 Å². The summed E-state index contributed by atoms with van der Waals surface area (Å²) in [4.78, 5) is 10.2. The van der Waals surface area contributed by atoms with Gasteiger partial charge in [-0.15, -0.1) is 0 Å². The second-order valence-corrected chi connectivity index (χ2v) is 5.37. The van der Waals surface area contributed by atoms with Crippen molar-refractivity contribution < 1.29 is 9.90 Å². The van der Waals surface area contributed by atoms with Crippen molar-refractivity contribution in [2.24, 2.45) is 0 Å². The number of unbranched alkanes of at least 4 members (excludes halogenated alkanes) is 11. The molecule has 19 heavy (non-hydrogen) atoms. The number of allylic oxidation sites excluding steroid dienone is 1. The largest absolute Gasteiger partial charge is 0.550 e. The van der Waals surface area contributed by atoms with E-state index in [1.54, 1.807) is 6.08 Å². The van der Waals surface area contributed by atoms with E-state index < -0.39 is 5.97 Å². The molecule has 0 aromatic carbocycles. The first-order valence-electron chi connectivity index (χ1n) is 8.12. The van der Waals surface area contributed by atoms with E-state index in [9.17, 15) is 9.90 Å². The van der Waals surface area contributed by atoms with Gasteiger partial charge in [0.15, 0.2) is 0 Å². The summed E-state index contributed by atoms with van der Waals surface area (Å²) in [6, 6.07) is 0. The number of aliphatic carboxylic acids is 1. The summed E-state index contributed by atoms with van der Waals surface area (Å²) in [7, 11) is 0. The van der Waals surface area contributed by atoms with Gasteiger partial charge in [-0.2, -0.15) is 0 Å². The summed E-state index contributed by atoms with van der Waals surface area (Å²) in [6.07, 6.45) is 19.6. The van der Waals surface area contributed by atoms with Gasteiger partial charge in [-0.3, -0.25) is 0 Å². The summed E-state index contributed by atoms with van der Waals surface area (Å²) >= 11 is 0. The monoisotopic (exact) mass is 267 g/mol. The van der Waals surface area contributed by atoms with Gasteiger partial charge in [0.25, 0.3) is 0 Å². The first-order chi connectivity index (χ1) is 9.27. The van der Waals surface area contributed by atoms with E-state index in [1.165, 1.54) is 70.6 Å². The van der Waals surface area contributed by atoms with Crippen molar-refractivity contribution >= 4 is 5.97 Å². The molecule has 0 radical (unpaired) electrons. The molecule has 112 valence electrons. The van der Waals surface area contributed by atoms with Crippen molar-refractivity contribution in [3.63, 3.8) is 0 Å². The summed E-state index contributed by atoms with van der Waals surface area (Å²) in [5, 5.41) is 10.2. The third-order valence-corrected chi connectivity index (χ3v) is 3.43. The van der Waals surface area contributed by atoms with E-state index >= 15 is 0 Å². The van der Waals surface area contributed by atoms with Crippen LogP contribution in [0.1, 0.15) is 90.4 Å². The fraction of sp³-hybridized carbons (Fsp3) is 0.824. The molecule has 0 aliphatic heterocycles. The Bertz CT molecular complexity index is 221. The lowest BCUT2D eigenvalue weighted by atomic mass is 10.1. The van der Waals surface area contributed by atoms with Crippen molar-refractivity contribution in [3.05, 3.63) is 12.2 Å². The first-order valence-corrected chi connectivity index (χ1v) is 8.12. The van der Waals surface area contributed by atoms with Crippen molar-refractivity contribution in [1.82, 2.24) is 0 Å². The lowest BCUT2D eigenvalue weighted by molar-refractivity contribution is -0.304. The summed E-state index contributed by atoms with van der Waals surface area (Å²) in [5.74, 6) is -0.991. The van der Waals surface area contributed by atoms with Crippen LogP contribution in [0.3, 0.4) is 0 Å². The lowest BCUT2D eigenvalue weighted by Crippen LogP contribution is -2.20. The fourth-order valence-electron chi connectivity index (χ4n) is 2.22. The Morgan fingerprint density at radius 3 is 1.74 bits per heavy atom. The molecule has 0 amide bonds. The van der Waals surface area contributed by atoms with E-state index in [-0.39, 0.29) is 6.42 Å². The molecule has 0 fully saturated rings. The summed E-state index contributed by atoms with van der Waals surface area (Å²) in [5.41, 5.74) is 0. The molecule has 0 saturated carbocycles. The minimum absolute atomic E-state index is 0.0536. The Kier molecular flexibility index (Phi) is 14.6. The quantitative estimate of drug-likeness (QED) is 0.346. The molecule has 0 heterocycles. The standard InChI is InChI=1S/C17H32O2/c1-2-3-4-5-6-7-8-9-10-11-12-13-14-15-16-17(18)19/h14-15H,2-13,16H2,1H3,(H,18,19)/p-1/b15-14+. The van der Waals surface area contributed by atoms with E-state index in [1.807, 2.05) is 6.08 Å². The minimum Gasteiger partial charge on any atom is -0.550 e. The third kappa shape index (κ3) is 17.2. The maximum Gasteiger partial charge on any atom is 0.0452 e. The summed E-state index contributed by atoms with van der Waals surface area (Å²) < 4.78 is 0. The van der Waals surface area contributed by atoms with Gasteiger partial charge in [-0.25, -0.2) is 0 Å². The zero-order valence-electron chi connectivity index (χ0n) is 12.7. The smallest absolute Gasteiger partial charge is 0.0452 e. The number of carboxylic acid groups (broad SMARTS) is 1. The number of hydrogen-bond acceptors (Lipinski definition) is 2. The highest BCUT2D eigenvalue weighted by Gasteiger charge is 1.92. The second kappa shape index (κ2) is 15.3. The molecule has 0 N–H and O–H groups in total. The Labute approximate surface area is 119 Å². The van der Waals surface area contributed by atoms with Gasteiger partial charge < -0.3 is 9.90 Å². The molecule has 0 bridgehead atoms. The predicted octanol–water partition coefficient (Wildman–Crippen LogP) is 4.38. The average molecular weight is 267 g/mol. The van der Waals surface area contributed by atoms with Crippen LogP contribution in [0.25, 0.3) is 0 Å². The maximum atomic E-state index is 10.2. The fourth-order valence-corrected chi connectivity index (χ4v) is 2.22. The van der Waals surface area contributed by atoms with Crippen LogP contribution in [0.4, 0.5) is 0 Å². The molecule has 0 aliphatic rings. The highest BCUT2D eigenvalue weighted by molar-refractivity contribution is 5.66. The number of carbonyl (C=O) groups is 1. The minimum atomic E-state index is -0.991. The van der Waals surface area contributed by atoms with E-state index in [0.717, 1.165) is 6.42 Å². The van der Waals surface area contributed by atoms with Gasteiger partial charge >= 0.3 is 0 Å². The Balaban J connectivity index is 3.02. The van der Waals surface area contributed by atoms with Crippen molar-refractivity contribution in [1.29, 1.82) is 0 Å². The zero-order valence-corrected chi connectivity index (χ0v) is 12.7. The molecular weight excluding hydrogens is 236 g/mol. The molecule has 2 nitrogen and oxygen atoms in total. The maximum absolute atomic E-state index is 10.2. The second-order valence-electron chi connectivity index (χ2n) is 5.37. The molecule has 0 atom stereocenters. The van der Waals surface area contributed by atoms with Crippen LogP contribution in [0.2, 0.25) is 0 Å². The van der Waals surface area contributed by atoms with Gasteiger partial charge in [0.1, 0.15) is 0 Å². The highest BCUT2D eigenvalue weighted by atomic mass is 16.4. The average Bonchev–Trinajstić information content (AvgIpc) is 2.39. The molecule has 0 rings (SSSR count). The van der Waals surface area contributed by atoms with Crippen LogP contribution in [-0.2, 0) is 4.79 Å². The van der Waals surface area contributed by atoms with Crippen LogP contribution in [0.15, 0.2) is 12.2 Å². The van der Waals surface area contributed by atoms with Gasteiger partial charge in [0.2, 0.25) is 0 Å². The van der Waals surface area contributed by atoms with Gasteiger partial charge in [0, 0.05) is 12.4 Å². The topological polar surface area (TPSA) is 40.1 Å². The molecule has 2 heteroatoms. The Hall–Kier alpha value is -0.790. The number of carboxylic acids is 1. The molecular formula is C17H31O2-. The normalized spacial score (nSPS) is 11.2. The number of hydrogen-bond donors (Lipinski definition) is 0. The molecule has 0 spiro atoms. The molecule has 0 aliphatic carbocycles. The molecule has 0 saturated heterocycles. The zero-order chi connectivity index (χ0) is 14.2. The van der Waals surface area contributed by atoms with E-state index in [0.29, 0.717) is 0 Å². The van der Waals surface area contributed by atoms with Gasteiger partial charge in [-0.05, 0) is 12.8 Å². The summed E-state index contributed by atoms with van der Waals surface area (Å²) in [6.45, 7) is 2.26. The van der Waals surface area contributed by atoms with Crippen molar-refractivity contribution in [3.8, 4) is 0 Å². The van der Waals surface area contributed by atoms with E-state index in [4.69, 9.17) is 0 Å². The van der Waals surface area contributed by atoms with Crippen LogP contribution >= 0.6 is 0 Å². The van der Waals surface area contributed by atoms with Gasteiger partial charge in [-0.1, -0.05) is 83.3 Å². The SMILES string of the molecule is CCCCCCCCCCCCC/C=C/CC(=O)[O-]. The van der Waals surface area contributed by atoms with Crippen molar-refractivity contribution in [2.45, 2.75) is 90.4 Å². The molecule has 0 unspecified atom stereocenters. The van der Waals surface area contributed by atoms with Crippen LogP contribution in [0.5, 0.6) is 0 Å². The number of rotatable bonds is 14. The van der Waals surface area contributed by atoms with Crippen molar-refractivity contribution in [2.75, 3.05) is 0 Å². The Morgan fingerprint density at radius 1 is 0.789 bits per heavy atom. The predicted molar refractivity (Wildman–Crippen MR) is 79.8 cm³/mol. The van der Waals surface area contributed by atoms with Gasteiger partial charge in [0.05, 0.1) is 0 Å². The highest BCUT2D eigenvalue weighted by Crippen LogP contribution is 2.11.